The van der Waals surface area contributed by atoms with Gasteiger partial charge in [-0.1, -0.05) is 23.2 Å². The third-order valence-corrected chi connectivity index (χ3v) is 3.88. The van der Waals surface area contributed by atoms with Crippen LogP contribution in [0, 0.1) is 0 Å². The van der Waals surface area contributed by atoms with Crippen molar-refractivity contribution in [2.45, 2.75) is 6.42 Å². The van der Waals surface area contributed by atoms with E-state index in [-0.39, 0.29) is 18.0 Å². The van der Waals surface area contributed by atoms with E-state index in [0.717, 1.165) is 17.7 Å². The van der Waals surface area contributed by atoms with Crippen molar-refractivity contribution >= 4 is 35.0 Å². The molecule has 4 nitrogen and oxygen atoms in total. The van der Waals surface area contributed by atoms with Gasteiger partial charge in [-0.15, -0.1) is 0 Å². The van der Waals surface area contributed by atoms with E-state index < -0.39 is 5.97 Å². The number of Topliss-reactive ketones (excluding diaryl/α,β-unsaturated/α-hetero) is 1. The third kappa shape index (κ3) is 3.66. The Labute approximate surface area is 142 Å². The van der Waals surface area contributed by atoms with E-state index in [2.05, 4.69) is 0 Å². The highest BCUT2D eigenvalue weighted by Crippen LogP contribution is 2.26. The molecule has 0 saturated heterocycles. The molecule has 0 unspecified atom stereocenters. The average Bonchev–Trinajstić information content (AvgIpc) is 2.98. The van der Waals surface area contributed by atoms with Crippen molar-refractivity contribution in [1.82, 2.24) is 0 Å². The van der Waals surface area contributed by atoms with Gasteiger partial charge < -0.3 is 9.47 Å². The summed E-state index contributed by atoms with van der Waals surface area (Å²) in [5, 5.41) is 0.656. The number of hydrogen-bond donors (Lipinski definition) is 0. The summed E-state index contributed by atoms with van der Waals surface area (Å²) >= 11 is 11.7. The second kappa shape index (κ2) is 6.60. The topological polar surface area (TPSA) is 52.6 Å². The van der Waals surface area contributed by atoms with Gasteiger partial charge in [0.15, 0.2) is 12.4 Å². The number of rotatable bonds is 4. The molecule has 3 rings (SSSR count). The van der Waals surface area contributed by atoms with E-state index in [9.17, 15) is 9.59 Å². The van der Waals surface area contributed by atoms with Crippen LogP contribution in [0.15, 0.2) is 36.4 Å². The zero-order chi connectivity index (χ0) is 16.4. The van der Waals surface area contributed by atoms with Crippen molar-refractivity contribution < 1.29 is 19.1 Å². The summed E-state index contributed by atoms with van der Waals surface area (Å²) in [4.78, 5) is 24.1. The fourth-order valence-corrected chi connectivity index (χ4v) is 2.86. The zero-order valence-corrected chi connectivity index (χ0v) is 13.5. The molecule has 0 aromatic heterocycles. The smallest absolute Gasteiger partial charge is 0.338 e. The molecule has 2 aromatic rings. The Balaban J connectivity index is 1.65. The lowest BCUT2D eigenvalue weighted by molar-refractivity contribution is 0.0474. The number of ketones is 1. The molecule has 1 heterocycles. The number of ether oxygens (including phenoxy) is 2. The van der Waals surface area contributed by atoms with E-state index in [4.69, 9.17) is 32.7 Å². The molecule has 0 fully saturated rings. The molecular formula is C17H12Cl2O4. The Morgan fingerprint density at radius 1 is 1.04 bits per heavy atom. The van der Waals surface area contributed by atoms with Crippen molar-refractivity contribution in [1.29, 1.82) is 0 Å². The first kappa shape index (κ1) is 15.8. The molecule has 2 aromatic carbocycles. The predicted octanol–water partition coefficient (Wildman–Crippen LogP) is 3.97. The minimum atomic E-state index is -0.646. The summed E-state index contributed by atoms with van der Waals surface area (Å²) in [7, 11) is 0. The van der Waals surface area contributed by atoms with Crippen LogP contribution >= 0.6 is 23.2 Å². The summed E-state index contributed by atoms with van der Waals surface area (Å²) < 4.78 is 10.4. The Morgan fingerprint density at radius 2 is 1.78 bits per heavy atom. The van der Waals surface area contributed by atoms with E-state index in [1.54, 1.807) is 18.2 Å². The molecule has 1 aliphatic heterocycles. The minimum Gasteiger partial charge on any atom is -0.493 e. The third-order valence-electron chi connectivity index (χ3n) is 3.44. The Kier molecular flexibility index (Phi) is 4.55. The highest BCUT2D eigenvalue weighted by molar-refractivity contribution is 6.35. The standard InChI is InChI=1S/C17H12Cl2O4/c18-13-6-12(7-14(19)8-13)17(21)23-9-15(20)10-1-2-16-11(5-10)3-4-22-16/h1-2,5-8H,3-4,9H2. The maximum Gasteiger partial charge on any atom is 0.338 e. The Hall–Kier alpha value is -2.04. The highest BCUT2D eigenvalue weighted by Gasteiger charge is 2.17. The lowest BCUT2D eigenvalue weighted by Crippen LogP contribution is -2.14. The zero-order valence-electron chi connectivity index (χ0n) is 12.0. The van der Waals surface area contributed by atoms with Gasteiger partial charge in [0.25, 0.3) is 0 Å². The molecule has 0 spiro atoms. The fourth-order valence-electron chi connectivity index (χ4n) is 2.33. The molecule has 0 amide bonds. The number of carbonyl (C=O) groups excluding carboxylic acids is 2. The predicted molar refractivity (Wildman–Crippen MR) is 86.7 cm³/mol. The molecular weight excluding hydrogens is 339 g/mol. The number of fused-ring (bicyclic) bond motifs is 1. The summed E-state index contributed by atoms with van der Waals surface area (Å²) in [6.45, 7) is 0.278. The van der Waals surface area contributed by atoms with Gasteiger partial charge in [-0.05, 0) is 42.0 Å². The first-order valence-corrected chi connectivity index (χ1v) is 7.70. The lowest BCUT2D eigenvalue weighted by atomic mass is 10.1. The summed E-state index contributed by atoms with van der Waals surface area (Å²) in [6, 6.07) is 9.58. The molecule has 0 aliphatic carbocycles. The quantitative estimate of drug-likeness (QED) is 0.618. The second-order valence-electron chi connectivity index (χ2n) is 5.08. The number of benzene rings is 2. The summed E-state index contributed by atoms with van der Waals surface area (Å²) in [5.74, 6) is -0.125. The number of halogens is 2. The lowest BCUT2D eigenvalue weighted by Gasteiger charge is -2.06. The molecule has 0 N–H and O–H groups in total. The number of hydrogen-bond acceptors (Lipinski definition) is 4. The van der Waals surface area contributed by atoms with Crippen molar-refractivity contribution in [3.8, 4) is 5.75 Å². The van der Waals surface area contributed by atoms with Crippen molar-refractivity contribution in [3.05, 3.63) is 63.1 Å². The van der Waals surface area contributed by atoms with Gasteiger partial charge in [0.1, 0.15) is 5.75 Å². The van der Waals surface area contributed by atoms with E-state index in [1.165, 1.54) is 18.2 Å². The van der Waals surface area contributed by atoms with Gasteiger partial charge in [-0.25, -0.2) is 4.79 Å². The SMILES string of the molecule is O=C(COC(=O)c1cc(Cl)cc(Cl)c1)c1ccc2c(c1)CCO2. The molecule has 0 saturated carbocycles. The van der Waals surface area contributed by atoms with Gasteiger partial charge >= 0.3 is 5.97 Å². The van der Waals surface area contributed by atoms with Crippen LogP contribution in [-0.4, -0.2) is 25.0 Å². The first-order chi connectivity index (χ1) is 11.0. The Morgan fingerprint density at radius 3 is 2.52 bits per heavy atom. The monoisotopic (exact) mass is 350 g/mol. The maximum absolute atomic E-state index is 12.1. The van der Waals surface area contributed by atoms with Crippen molar-refractivity contribution in [2.75, 3.05) is 13.2 Å². The average molecular weight is 351 g/mol. The second-order valence-corrected chi connectivity index (χ2v) is 5.95. The van der Waals surface area contributed by atoms with Crippen LogP contribution in [0.3, 0.4) is 0 Å². The molecule has 6 heteroatoms. The maximum atomic E-state index is 12.1. The number of esters is 1. The van der Waals surface area contributed by atoms with Crippen molar-refractivity contribution in [2.24, 2.45) is 0 Å². The van der Waals surface area contributed by atoms with E-state index >= 15 is 0 Å². The highest BCUT2D eigenvalue weighted by atomic mass is 35.5. The molecule has 0 atom stereocenters. The van der Waals surface area contributed by atoms with Crippen LogP contribution in [0.25, 0.3) is 0 Å². The van der Waals surface area contributed by atoms with Crippen LogP contribution < -0.4 is 4.74 Å². The van der Waals surface area contributed by atoms with Crippen LogP contribution in [0.5, 0.6) is 5.75 Å². The van der Waals surface area contributed by atoms with Crippen LogP contribution in [0.4, 0.5) is 0 Å². The normalized spacial score (nSPS) is 12.4. The van der Waals surface area contributed by atoms with Gasteiger partial charge in [-0.3, -0.25) is 4.79 Å². The van der Waals surface area contributed by atoms with Crippen LogP contribution in [-0.2, 0) is 11.2 Å². The fraction of sp³-hybridized carbons (Fsp3) is 0.176. The Bertz CT molecular complexity index is 766. The van der Waals surface area contributed by atoms with Gasteiger partial charge in [-0.2, -0.15) is 0 Å². The van der Waals surface area contributed by atoms with Crippen LogP contribution in [0.2, 0.25) is 10.0 Å². The largest absolute Gasteiger partial charge is 0.493 e. The first-order valence-electron chi connectivity index (χ1n) is 6.95. The molecule has 23 heavy (non-hydrogen) atoms. The number of carbonyl (C=O) groups is 2. The molecule has 118 valence electrons. The van der Waals surface area contributed by atoms with Gasteiger partial charge in [0.2, 0.25) is 0 Å². The minimum absolute atomic E-state index is 0.206. The van der Waals surface area contributed by atoms with Crippen LogP contribution in [0.1, 0.15) is 26.3 Å². The summed E-state index contributed by atoms with van der Waals surface area (Å²) in [5.41, 5.74) is 1.69. The molecule has 0 radical (unpaired) electrons. The van der Waals surface area contributed by atoms with E-state index in [1.807, 2.05) is 0 Å². The molecule has 0 bridgehead atoms. The van der Waals surface area contributed by atoms with E-state index in [0.29, 0.717) is 22.2 Å². The van der Waals surface area contributed by atoms with Crippen molar-refractivity contribution in [3.63, 3.8) is 0 Å². The van der Waals surface area contributed by atoms with Gasteiger partial charge in [0.05, 0.1) is 12.2 Å². The molecule has 1 aliphatic rings. The van der Waals surface area contributed by atoms with Gasteiger partial charge in [0, 0.05) is 22.0 Å². The summed E-state index contributed by atoms with van der Waals surface area (Å²) in [6.07, 6.45) is 0.775.